The first-order valence-corrected chi connectivity index (χ1v) is 5.70. The average molecular weight is 231 g/mol. The van der Waals surface area contributed by atoms with Gasteiger partial charge >= 0.3 is 5.97 Å². The number of hydrogen-bond acceptors (Lipinski definition) is 4. The predicted molar refractivity (Wildman–Crippen MR) is 59.5 cm³/mol. The molecule has 1 N–H and O–H groups in total. The number of morpholine rings is 1. The summed E-state index contributed by atoms with van der Waals surface area (Å²) >= 11 is 0. The third-order valence-corrected chi connectivity index (χ3v) is 2.94. The molecule has 0 radical (unpaired) electrons. The molecule has 0 aromatic rings. The first-order valence-electron chi connectivity index (χ1n) is 5.70. The Bertz CT molecular complexity index is 222. The molecule has 1 aliphatic rings. The number of carbonyl (C=O) groups is 1. The van der Waals surface area contributed by atoms with Crippen molar-refractivity contribution in [3.63, 3.8) is 0 Å². The number of ether oxygens (including phenoxy) is 2. The quantitative estimate of drug-likeness (QED) is 0.725. The van der Waals surface area contributed by atoms with Gasteiger partial charge in [-0.15, -0.1) is 0 Å². The lowest BCUT2D eigenvalue weighted by atomic mass is 10.1. The third kappa shape index (κ3) is 4.47. The van der Waals surface area contributed by atoms with E-state index in [-0.39, 0.29) is 12.5 Å². The maximum Gasteiger partial charge on any atom is 0.306 e. The standard InChI is InChI=1S/C11H21NO4/c1-9(3-5-15-2)12-4-6-16-10(8-12)7-11(13)14/h9-10H,3-8H2,1-2H3,(H,13,14). The van der Waals surface area contributed by atoms with Crippen LogP contribution in [-0.2, 0) is 14.3 Å². The smallest absolute Gasteiger partial charge is 0.306 e. The van der Waals surface area contributed by atoms with E-state index >= 15 is 0 Å². The Hall–Kier alpha value is -0.650. The van der Waals surface area contributed by atoms with Crippen LogP contribution in [0.3, 0.4) is 0 Å². The van der Waals surface area contributed by atoms with Crippen LogP contribution in [0.5, 0.6) is 0 Å². The van der Waals surface area contributed by atoms with E-state index < -0.39 is 5.97 Å². The summed E-state index contributed by atoms with van der Waals surface area (Å²) < 4.78 is 10.5. The molecule has 0 saturated carbocycles. The normalized spacial score (nSPS) is 24.2. The Morgan fingerprint density at radius 3 is 3.06 bits per heavy atom. The molecule has 1 heterocycles. The number of hydrogen-bond donors (Lipinski definition) is 1. The van der Waals surface area contributed by atoms with E-state index in [9.17, 15) is 4.79 Å². The van der Waals surface area contributed by atoms with Gasteiger partial charge < -0.3 is 14.6 Å². The fraction of sp³-hybridized carbons (Fsp3) is 0.909. The van der Waals surface area contributed by atoms with Gasteiger partial charge in [-0.25, -0.2) is 0 Å². The van der Waals surface area contributed by atoms with E-state index in [1.165, 1.54) is 0 Å². The van der Waals surface area contributed by atoms with Crippen LogP contribution in [0.1, 0.15) is 19.8 Å². The van der Waals surface area contributed by atoms with Crippen molar-refractivity contribution in [3.8, 4) is 0 Å². The maximum absolute atomic E-state index is 10.6. The van der Waals surface area contributed by atoms with E-state index in [4.69, 9.17) is 14.6 Å². The average Bonchev–Trinajstić information content (AvgIpc) is 2.25. The lowest BCUT2D eigenvalue weighted by Crippen LogP contribution is -2.47. The molecular weight excluding hydrogens is 210 g/mol. The van der Waals surface area contributed by atoms with Crippen molar-refractivity contribution in [1.82, 2.24) is 4.90 Å². The van der Waals surface area contributed by atoms with Gasteiger partial charge in [0.1, 0.15) is 0 Å². The molecule has 1 saturated heterocycles. The summed E-state index contributed by atoms with van der Waals surface area (Å²) in [5, 5.41) is 8.71. The molecule has 5 heteroatoms. The van der Waals surface area contributed by atoms with Crippen LogP contribution in [0.25, 0.3) is 0 Å². The summed E-state index contributed by atoms with van der Waals surface area (Å²) in [6.07, 6.45) is 0.889. The van der Waals surface area contributed by atoms with Gasteiger partial charge in [0.25, 0.3) is 0 Å². The zero-order valence-corrected chi connectivity index (χ0v) is 10.0. The number of carboxylic acids is 1. The SMILES string of the molecule is COCCC(C)N1CCOC(CC(=O)O)C1. The number of carboxylic acid groups (broad SMARTS) is 1. The first kappa shape index (κ1) is 13.4. The molecule has 1 aliphatic heterocycles. The van der Waals surface area contributed by atoms with E-state index in [2.05, 4.69) is 11.8 Å². The molecule has 0 spiro atoms. The number of aliphatic carboxylic acids is 1. The summed E-state index contributed by atoms with van der Waals surface area (Å²) in [5.74, 6) is -0.795. The zero-order valence-electron chi connectivity index (χ0n) is 10.0. The van der Waals surface area contributed by atoms with Crippen LogP contribution >= 0.6 is 0 Å². The van der Waals surface area contributed by atoms with Gasteiger partial charge in [0.2, 0.25) is 0 Å². The molecule has 94 valence electrons. The second kappa shape index (κ2) is 6.83. The molecule has 1 fully saturated rings. The minimum absolute atomic E-state index is 0.0908. The second-order valence-electron chi connectivity index (χ2n) is 4.22. The van der Waals surface area contributed by atoms with Gasteiger partial charge in [-0.1, -0.05) is 0 Å². The summed E-state index contributed by atoms with van der Waals surface area (Å²) in [6, 6.07) is 0.417. The molecule has 2 atom stereocenters. The highest BCUT2D eigenvalue weighted by Gasteiger charge is 2.25. The minimum atomic E-state index is -0.795. The minimum Gasteiger partial charge on any atom is -0.481 e. The number of nitrogens with zero attached hydrogens (tertiary/aromatic N) is 1. The zero-order chi connectivity index (χ0) is 12.0. The molecule has 16 heavy (non-hydrogen) atoms. The Kier molecular flexibility index (Phi) is 5.73. The lowest BCUT2D eigenvalue weighted by Gasteiger charge is -2.36. The van der Waals surface area contributed by atoms with Crippen molar-refractivity contribution in [3.05, 3.63) is 0 Å². The lowest BCUT2D eigenvalue weighted by molar-refractivity contribution is -0.142. The topological polar surface area (TPSA) is 59.0 Å². The Labute approximate surface area is 96.3 Å². The van der Waals surface area contributed by atoms with Crippen molar-refractivity contribution in [2.75, 3.05) is 33.4 Å². The van der Waals surface area contributed by atoms with Crippen LogP contribution in [-0.4, -0.2) is 61.5 Å². The number of methoxy groups -OCH3 is 1. The molecule has 0 bridgehead atoms. The predicted octanol–water partition coefficient (Wildman–Crippen LogP) is 0.587. The van der Waals surface area contributed by atoms with Crippen LogP contribution in [0.4, 0.5) is 0 Å². The highest BCUT2D eigenvalue weighted by Crippen LogP contribution is 2.13. The fourth-order valence-electron chi connectivity index (χ4n) is 1.93. The summed E-state index contributed by atoms with van der Waals surface area (Å²) in [4.78, 5) is 12.9. The van der Waals surface area contributed by atoms with Crippen LogP contribution < -0.4 is 0 Å². The molecule has 2 unspecified atom stereocenters. The Morgan fingerprint density at radius 2 is 2.44 bits per heavy atom. The maximum atomic E-state index is 10.6. The molecule has 1 rings (SSSR count). The van der Waals surface area contributed by atoms with Crippen molar-refractivity contribution in [2.24, 2.45) is 0 Å². The fourth-order valence-corrected chi connectivity index (χ4v) is 1.93. The van der Waals surface area contributed by atoms with Crippen LogP contribution in [0.15, 0.2) is 0 Å². The van der Waals surface area contributed by atoms with Gasteiger partial charge in [-0.3, -0.25) is 9.69 Å². The van der Waals surface area contributed by atoms with Crippen LogP contribution in [0, 0.1) is 0 Å². The first-order chi connectivity index (χ1) is 7.63. The molecular formula is C11H21NO4. The van der Waals surface area contributed by atoms with E-state index in [0.717, 1.165) is 19.6 Å². The van der Waals surface area contributed by atoms with Crippen molar-refractivity contribution in [1.29, 1.82) is 0 Å². The monoisotopic (exact) mass is 231 g/mol. The molecule has 0 amide bonds. The van der Waals surface area contributed by atoms with E-state index in [0.29, 0.717) is 19.2 Å². The summed E-state index contributed by atoms with van der Waals surface area (Å²) in [6.45, 7) is 5.08. The number of rotatable bonds is 6. The second-order valence-corrected chi connectivity index (χ2v) is 4.22. The summed E-state index contributed by atoms with van der Waals surface area (Å²) in [7, 11) is 1.69. The van der Waals surface area contributed by atoms with Gasteiger partial charge in [0.15, 0.2) is 0 Å². The highest BCUT2D eigenvalue weighted by molar-refractivity contribution is 5.67. The molecule has 5 nitrogen and oxygen atoms in total. The van der Waals surface area contributed by atoms with Gasteiger partial charge in [0.05, 0.1) is 19.1 Å². The Balaban J connectivity index is 2.34. The molecule has 0 aliphatic carbocycles. The van der Waals surface area contributed by atoms with Gasteiger partial charge in [-0.2, -0.15) is 0 Å². The largest absolute Gasteiger partial charge is 0.481 e. The Morgan fingerprint density at radius 1 is 1.69 bits per heavy atom. The third-order valence-electron chi connectivity index (χ3n) is 2.94. The van der Waals surface area contributed by atoms with E-state index in [1.807, 2.05) is 0 Å². The highest BCUT2D eigenvalue weighted by atomic mass is 16.5. The molecule has 0 aromatic heterocycles. The van der Waals surface area contributed by atoms with Crippen molar-refractivity contribution < 1.29 is 19.4 Å². The molecule has 0 aromatic carbocycles. The van der Waals surface area contributed by atoms with Crippen molar-refractivity contribution >= 4 is 5.97 Å². The van der Waals surface area contributed by atoms with Gasteiger partial charge in [0, 0.05) is 32.8 Å². The van der Waals surface area contributed by atoms with Crippen molar-refractivity contribution in [2.45, 2.75) is 31.9 Å². The van der Waals surface area contributed by atoms with Crippen LogP contribution in [0.2, 0.25) is 0 Å². The van der Waals surface area contributed by atoms with E-state index in [1.54, 1.807) is 7.11 Å². The summed E-state index contributed by atoms with van der Waals surface area (Å²) in [5.41, 5.74) is 0. The van der Waals surface area contributed by atoms with Gasteiger partial charge in [-0.05, 0) is 13.3 Å².